The molecule has 0 spiro atoms. The maximum absolute atomic E-state index is 12.1. The molecule has 2 aromatic heterocycles. The van der Waals surface area contributed by atoms with Crippen LogP contribution >= 0.6 is 0 Å². The van der Waals surface area contributed by atoms with Crippen LogP contribution in [0.25, 0.3) is 0 Å². The molecule has 1 amide bonds. The van der Waals surface area contributed by atoms with Gasteiger partial charge in [-0.2, -0.15) is 5.10 Å². The average molecular weight is 274 g/mol. The van der Waals surface area contributed by atoms with Crippen LogP contribution in [0.5, 0.6) is 5.88 Å². The molecule has 0 saturated carbocycles. The molecule has 0 aliphatic carbocycles. The van der Waals surface area contributed by atoms with Crippen molar-refractivity contribution in [3.63, 3.8) is 0 Å². The highest BCUT2D eigenvalue weighted by Gasteiger charge is 2.15. The quantitative estimate of drug-likeness (QED) is 0.920. The number of carbonyl (C=O) groups is 1. The van der Waals surface area contributed by atoms with E-state index in [1.807, 2.05) is 20.9 Å². The molecule has 2 aromatic rings. The first kappa shape index (κ1) is 14.0. The summed E-state index contributed by atoms with van der Waals surface area (Å²) in [7, 11) is 3.41. The van der Waals surface area contributed by atoms with Gasteiger partial charge in [-0.15, -0.1) is 0 Å². The van der Waals surface area contributed by atoms with E-state index in [-0.39, 0.29) is 11.9 Å². The summed E-state index contributed by atoms with van der Waals surface area (Å²) in [5, 5.41) is 7.11. The topological polar surface area (TPSA) is 69.0 Å². The number of rotatable bonds is 4. The predicted octanol–water partition coefficient (Wildman–Crippen LogP) is 1.62. The first-order chi connectivity index (χ1) is 9.52. The van der Waals surface area contributed by atoms with E-state index in [4.69, 9.17) is 4.74 Å². The Morgan fingerprint density at radius 3 is 2.65 bits per heavy atom. The highest BCUT2D eigenvalue weighted by molar-refractivity contribution is 5.94. The Balaban J connectivity index is 2.08. The summed E-state index contributed by atoms with van der Waals surface area (Å²) in [6.07, 6.45) is 3.27. The Hall–Kier alpha value is -2.37. The van der Waals surface area contributed by atoms with E-state index in [9.17, 15) is 4.79 Å². The molecule has 0 radical (unpaired) electrons. The van der Waals surface area contributed by atoms with Gasteiger partial charge in [-0.25, -0.2) is 4.98 Å². The molecule has 2 rings (SSSR count). The number of nitrogens with one attached hydrogen (secondary N) is 1. The van der Waals surface area contributed by atoms with Crippen LogP contribution in [0, 0.1) is 6.92 Å². The molecule has 20 heavy (non-hydrogen) atoms. The maximum atomic E-state index is 12.1. The number of aromatic nitrogens is 3. The first-order valence-electron chi connectivity index (χ1n) is 6.32. The van der Waals surface area contributed by atoms with Gasteiger partial charge in [0.1, 0.15) is 0 Å². The van der Waals surface area contributed by atoms with Crippen molar-refractivity contribution in [3.05, 3.63) is 41.3 Å². The minimum Gasteiger partial charge on any atom is -0.481 e. The third-order valence-corrected chi connectivity index (χ3v) is 3.29. The summed E-state index contributed by atoms with van der Waals surface area (Å²) in [5.41, 5.74) is 2.53. The number of carbonyl (C=O) groups excluding carboxylic acids is 1. The van der Waals surface area contributed by atoms with Crippen molar-refractivity contribution in [2.24, 2.45) is 7.05 Å². The zero-order valence-corrected chi connectivity index (χ0v) is 12.0. The van der Waals surface area contributed by atoms with E-state index in [0.717, 1.165) is 11.3 Å². The summed E-state index contributed by atoms with van der Waals surface area (Å²) >= 11 is 0. The number of hydrogen-bond acceptors (Lipinski definition) is 4. The van der Waals surface area contributed by atoms with Gasteiger partial charge in [0.05, 0.1) is 24.9 Å². The van der Waals surface area contributed by atoms with Crippen LogP contribution in [0.4, 0.5) is 0 Å². The van der Waals surface area contributed by atoms with E-state index in [2.05, 4.69) is 15.4 Å². The van der Waals surface area contributed by atoms with Crippen LogP contribution in [0.15, 0.2) is 24.5 Å². The molecule has 2 heterocycles. The normalized spacial score (nSPS) is 12.0. The van der Waals surface area contributed by atoms with Crippen molar-refractivity contribution in [2.75, 3.05) is 7.11 Å². The SMILES string of the molecule is COc1ccc(C(=O)N[C@H](C)c2cnn(C)c2C)cn1. The van der Waals surface area contributed by atoms with Crippen LogP contribution in [-0.4, -0.2) is 27.8 Å². The summed E-state index contributed by atoms with van der Waals surface area (Å²) in [5.74, 6) is 0.314. The molecule has 0 aliphatic heterocycles. The van der Waals surface area contributed by atoms with Crippen LogP contribution < -0.4 is 10.1 Å². The van der Waals surface area contributed by atoms with Crippen molar-refractivity contribution in [3.8, 4) is 5.88 Å². The summed E-state index contributed by atoms with van der Waals surface area (Å²) in [6, 6.07) is 3.23. The van der Waals surface area contributed by atoms with E-state index in [1.54, 1.807) is 23.0 Å². The first-order valence-corrected chi connectivity index (χ1v) is 6.32. The smallest absolute Gasteiger partial charge is 0.253 e. The van der Waals surface area contributed by atoms with Gasteiger partial charge in [-0.1, -0.05) is 0 Å². The second-order valence-corrected chi connectivity index (χ2v) is 4.59. The lowest BCUT2D eigenvalue weighted by Gasteiger charge is -2.13. The van der Waals surface area contributed by atoms with E-state index in [0.29, 0.717) is 11.4 Å². The second-order valence-electron chi connectivity index (χ2n) is 4.59. The van der Waals surface area contributed by atoms with Gasteiger partial charge in [-0.3, -0.25) is 9.48 Å². The lowest BCUT2D eigenvalue weighted by atomic mass is 10.1. The van der Waals surface area contributed by atoms with Gasteiger partial charge in [0.25, 0.3) is 5.91 Å². The predicted molar refractivity (Wildman–Crippen MR) is 74.6 cm³/mol. The van der Waals surface area contributed by atoms with Crippen LogP contribution in [0.3, 0.4) is 0 Å². The minimum atomic E-state index is -0.170. The third kappa shape index (κ3) is 2.79. The standard InChI is InChI=1S/C14H18N4O2/c1-9(12-8-16-18(3)10(12)2)17-14(19)11-5-6-13(20-4)15-7-11/h5-9H,1-4H3,(H,17,19)/t9-/m1/s1. The molecule has 106 valence electrons. The summed E-state index contributed by atoms with van der Waals surface area (Å²) in [6.45, 7) is 3.90. The molecule has 1 atom stereocenters. The lowest BCUT2D eigenvalue weighted by molar-refractivity contribution is 0.0939. The highest BCUT2D eigenvalue weighted by atomic mass is 16.5. The lowest BCUT2D eigenvalue weighted by Crippen LogP contribution is -2.27. The number of pyridine rings is 1. The van der Waals surface area contributed by atoms with Gasteiger partial charge in [0.2, 0.25) is 5.88 Å². The molecular formula is C14H18N4O2. The third-order valence-electron chi connectivity index (χ3n) is 3.29. The molecule has 0 aliphatic rings. The van der Waals surface area contributed by atoms with Crippen LogP contribution in [-0.2, 0) is 7.05 Å². The number of nitrogens with zero attached hydrogens (tertiary/aromatic N) is 3. The minimum absolute atomic E-state index is 0.113. The fraction of sp³-hybridized carbons (Fsp3) is 0.357. The van der Waals surface area contributed by atoms with E-state index in [1.165, 1.54) is 13.3 Å². The molecule has 6 nitrogen and oxygen atoms in total. The largest absolute Gasteiger partial charge is 0.481 e. The molecule has 1 N–H and O–H groups in total. The molecule has 0 saturated heterocycles. The highest BCUT2D eigenvalue weighted by Crippen LogP contribution is 2.16. The molecule has 0 fully saturated rings. The average Bonchev–Trinajstić information content (AvgIpc) is 2.79. The van der Waals surface area contributed by atoms with Gasteiger partial charge in [0.15, 0.2) is 0 Å². The Morgan fingerprint density at radius 1 is 1.40 bits per heavy atom. The van der Waals surface area contributed by atoms with Gasteiger partial charge in [0, 0.05) is 30.6 Å². The summed E-state index contributed by atoms with van der Waals surface area (Å²) in [4.78, 5) is 16.1. The number of aryl methyl sites for hydroxylation is 1. The zero-order chi connectivity index (χ0) is 14.7. The van der Waals surface area contributed by atoms with Gasteiger partial charge < -0.3 is 10.1 Å². The Labute approximate surface area is 117 Å². The van der Waals surface area contributed by atoms with Crippen molar-refractivity contribution < 1.29 is 9.53 Å². The summed E-state index contributed by atoms with van der Waals surface area (Å²) < 4.78 is 6.75. The zero-order valence-electron chi connectivity index (χ0n) is 12.0. The number of ether oxygens (including phenoxy) is 1. The monoisotopic (exact) mass is 274 g/mol. The van der Waals surface area contributed by atoms with Crippen molar-refractivity contribution in [1.82, 2.24) is 20.1 Å². The molecule has 6 heteroatoms. The molecular weight excluding hydrogens is 256 g/mol. The van der Waals surface area contributed by atoms with E-state index >= 15 is 0 Å². The van der Waals surface area contributed by atoms with Crippen molar-refractivity contribution in [1.29, 1.82) is 0 Å². The second kappa shape index (κ2) is 5.73. The van der Waals surface area contributed by atoms with E-state index < -0.39 is 0 Å². The number of methoxy groups -OCH3 is 1. The Kier molecular flexibility index (Phi) is 4.02. The maximum Gasteiger partial charge on any atom is 0.253 e. The number of hydrogen-bond donors (Lipinski definition) is 1. The van der Waals surface area contributed by atoms with Crippen molar-refractivity contribution >= 4 is 5.91 Å². The fourth-order valence-electron chi connectivity index (χ4n) is 1.93. The molecule has 0 aromatic carbocycles. The van der Waals surface area contributed by atoms with Gasteiger partial charge in [-0.05, 0) is 19.9 Å². The Morgan fingerprint density at radius 2 is 2.15 bits per heavy atom. The van der Waals surface area contributed by atoms with Crippen LogP contribution in [0.2, 0.25) is 0 Å². The molecule has 0 bridgehead atoms. The van der Waals surface area contributed by atoms with Crippen molar-refractivity contribution in [2.45, 2.75) is 19.9 Å². The molecule has 0 unspecified atom stereocenters. The fourth-order valence-corrected chi connectivity index (χ4v) is 1.93. The number of amides is 1. The Bertz CT molecular complexity index is 604. The van der Waals surface area contributed by atoms with Crippen LogP contribution in [0.1, 0.15) is 34.6 Å². The van der Waals surface area contributed by atoms with Gasteiger partial charge >= 0.3 is 0 Å².